The Morgan fingerprint density at radius 3 is 2.92 bits per heavy atom. The van der Waals surface area contributed by atoms with E-state index in [0.29, 0.717) is 6.04 Å². The second-order valence-corrected chi connectivity index (χ2v) is 4.47. The molecule has 2 N–H and O–H groups in total. The lowest BCUT2D eigenvalue weighted by Crippen LogP contribution is -2.44. The highest BCUT2D eigenvalue weighted by molar-refractivity contribution is 7.99. The van der Waals surface area contributed by atoms with Crippen LogP contribution in [-0.2, 0) is 0 Å². The number of nitrogens with one attached hydrogen (secondary N) is 1. The van der Waals surface area contributed by atoms with Gasteiger partial charge in [0.05, 0.1) is 0 Å². The molecule has 0 aliphatic carbocycles. The first kappa shape index (κ1) is 8.41. The van der Waals surface area contributed by atoms with Crippen LogP contribution in [0.4, 0.5) is 0 Å². The summed E-state index contributed by atoms with van der Waals surface area (Å²) in [5, 5.41) is 11.7. The SMILES string of the molecule is CC(C)N1NC2=C(CSC2)C1O. The van der Waals surface area contributed by atoms with E-state index in [0.717, 1.165) is 11.5 Å². The number of rotatable bonds is 1. The molecule has 1 atom stereocenters. The number of aliphatic hydroxyl groups excluding tert-OH is 1. The van der Waals surface area contributed by atoms with Crippen molar-refractivity contribution in [3.63, 3.8) is 0 Å². The van der Waals surface area contributed by atoms with Gasteiger partial charge in [-0.15, -0.1) is 0 Å². The molecule has 2 heterocycles. The molecule has 12 heavy (non-hydrogen) atoms. The fourth-order valence-corrected chi connectivity index (χ4v) is 2.67. The summed E-state index contributed by atoms with van der Waals surface area (Å²) in [5.41, 5.74) is 5.64. The van der Waals surface area contributed by atoms with Crippen molar-refractivity contribution in [2.24, 2.45) is 0 Å². The number of hydrogen-bond acceptors (Lipinski definition) is 4. The van der Waals surface area contributed by atoms with Gasteiger partial charge in [0.2, 0.25) is 0 Å². The highest BCUT2D eigenvalue weighted by Gasteiger charge is 2.34. The largest absolute Gasteiger partial charge is 0.373 e. The van der Waals surface area contributed by atoms with Gasteiger partial charge in [-0.1, -0.05) is 0 Å². The number of hydrogen-bond donors (Lipinski definition) is 2. The summed E-state index contributed by atoms with van der Waals surface area (Å²) >= 11 is 1.86. The van der Waals surface area contributed by atoms with Crippen molar-refractivity contribution in [2.45, 2.75) is 26.1 Å². The predicted octanol–water partition coefficient (Wildman–Crippen LogP) is 0.534. The predicted molar refractivity (Wildman–Crippen MR) is 50.5 cm³/mol. The maximum atomic E-state index is 9.82. The van der Waals surface area contributed by atoms with E-state index in [1.165, 1.54) is 11.3 Å². The number of hydrazine groups is 1. The Balaban J connectivity index is 2.13. The Morgan fingerprint density at radius 2 is 2.33 bits per heavy atom. The first-order valence-corrected chi connectivity index (χ1v) is 5.38. The molecule has 4 heteroatoms. The Hall–Kier alpha value is -0.190. The summed E-state index contributed by atoms with van der Waals surface area (Å²) in [5.74, 6) is 2.00. The van der Waals surface area contributed by atoms with E-state index in [2.05, 4.69) is 19.3 Å². The Labute approximate surface area is 76.8 Å². The summed E-state index contributed by atoms with van der Waals surface area (Å²) < 4.78 is 0. The zero-order valence-corrected chi connectivity index (χ0v) is 8.19. The fraction of sp³-hybridized carbons (Fsp3) is 0.750. The van der Waals surface area contributed by atoms with E-state index in [1.807, 2.05) is 16.8 Å². The molecular formula is C8H14N2OS. The molecule has 0 aromatic carbocycles. The molecule has 0 aromatic heterocycles. The van der Waals surface area contributed by atoms with Gasteiger partial charge in [-0.25, -0.2) is 0 Å². The minimum Gasteiger partial charge on any atom is -0.373 e. The van der Waals surface area contributed by atoms with E-state index < -0.39 is 6.23 Å². The van der Waals surface area contributed by atoms with Gasteiger partial charge in [0, 0.05) is 28.8 Å². The van der Waals surface area contributed by atoms with Crippen LogP contribution in [-0.4, -0.2) is 33.9 Å². The van der Waals surface area contributed by atoms with Crippen LogP contribution < -0.4 is 5.43 Å². The van der Waals surface area contributed by atoms with Crippen molar-refractivity contribution in [1.29, 1.82) is 0 Å². The van der Waals surface area contributed by atoms with Gasteiger partial charge in [0.15, 0.2) is 0 Å². The summed E-state index contributed by atoms with van der Waals surface area (Å²) in [7, 11) is 0. The molecule has 0 saturated heterocycles. The van der Waals surface area contributed by atoms with Crippen molar-refractivity contribution < 1.29 is 5.11 Å². The minimum absolute atomic E-state index is 0.343. The lowest BCUT2D eigenvalue weighted by Gasteiger charge is -2.27. The number of nitrogens with zero attached hydrogens (tertiary/aromatic N) is 1. The Bertz CT molecular complexity index is 227. The first-order valence-electron chi connectivity index (χ1n) is 4.23. The van der Waals surface area contributed by atoms with Crippen molar-refractivity contribution >= 4 is 11.8 Å². The highest BCUT2D eigenvalue weighted by atomic mass is 32.2. The third kappa shape index (κ3) is 1.14. The lowest BCUT2D eigenvalue weighted by atomic mass is 10.2. The second-order valence-electron chi connectivity index (χ2n) is 3.48. The van der Waals surface area contributed by atoms with Crippen LogP contribution in [0.15, 0.2) is 11.3 Å². The molecule has 68 valence electrons. The normalized spacial score (nSPS) is 29.8. The standard InChI is InChI=1S/C8H14N2OS/c1-5(2)10-8(11)6-3-12-4-7(6)9-10/h5,8-9,11H,3-4H2,1-2H3. The first-order chi connectivity index (χ1) is 5.70. The molecule has 3 nitrogen and oxygen atoms in total. The van der Waals surface area contributed by atoms with Gasteiger partial charge < -0.3 is 10.5 Å². The molecule has 0 spiro atoms. The van der Waals surface area contributed by atoms with Gasteiger partial charge in [0.1, 0.15) is 6.23 Å². The maximum Gasteiger partial charge on any atom is 0.149 e. The molecule has 0 saturated carbocycles. The molecule has 0 fully saturated rings. The van der Waals surface area contributed by atoms with Crippen LogP contribution >= 0.6 is 11.8 Å². The monoisotopic (exact) mass is 186 g/mol. The smallest absolute Gasteiger partial charge is 0.149 e. The van der Waals surface area contributed by atoms with Gasteiger partial charge >= 0.3 is 0 Å². The third-order valence-electron chi connectivity index (χ3n) is 2.29. The average Bonchev–Trinajstić information content (AvgIpc) is 2.53. The van der Waals surface area contributed by atoms with Gasteiger partial charge in [0.25, 0.3) is 0 Å². The molecule has 0 radical (unpaired) electrons. The molecule has 1 unspecified atom stereocenters. The zero-order chi connectivity index (χ0) is 8.72. The summed E-state index contributed by atoms with van der Waals surface area (Å²) in [6, 6.07) is 0.343. The topological polar surface area (TPSA) is 35.5 Å². The molecule has 2 aliphatic rings. The number of aliphatic hydroxyl groups is 1. The van der Waals surface area contributed by atoms with E-state index in [-0.39, 0.29) is 0 Å². The second kappa shape index (κ2) is 2.94. The summed E-state index contributed by atoms with van der Waals surface area (Å²) in [6.45, 7) is 4.15. The van der Waals surface area contributed by atoms with Gasteiger partial charge in [-0.2, -0.15) is 16.8 Å². The summed E-state index contributed by atoms with van der Waals surface area (Å²) in [6.07, 6.45) is -0.394. The molecule has 2 rings (SSSR count). The van der Waals surface area contributed by atoms with E-state index in [1.54, 1.807) is 0 Å². The number of thioether (sulfide) groups is 1. The molecule has 0 amide bonds. The van der Waals surface area contributed by atoms with Crippen LogP contribution in [0.1, 0.15) is 13.8 Å². The van der Waals surface area contributed by atoms with Crippen molar-refractivity contribution in [3.05, 3.63) is 11.3 Å². The third-order valence-corrected chi connectivity index (χ3v) is 3.30. The summed E-state index contributed by atoms with van der Waals surface area (Å²) in [4.78, 5) is 0. The molecular weight excluding hydrogens is 172 g/mol. The van der Waals surface area contributed by atoms with Crippen molar-refractivity contribution in [2.75, 3.05) is 11.5 Å². The molecule has 0 aromatic rings. The average molecular weight is 186 g/mol. The van der Waals surface area contributed by atoms with Crippen LogP contribution in [0.25, 0.3) is 0 Å². The fourth-order valence-electron chi connectivity index (χ4n) is 1.57. The van der Waals surface area contributed by atoms with Gasteiger partial charge in [-0.05, 0) is 13.8 Å². The van der Waals surface area contributed by atoms with Crippen LogP contribution in [0.5, 0.6) is 0 Å². The Morgan fingerprint density at radius 1 is 1.58 bits per heavy atom. The van der Waals surface area contributed by atoms with Crippen LogP contribution in [0.3, 0.4) is 0 Å². The van der Waals surface area contributed by atoms with E-state index in [4.69, 9.17) is 0 Å². The quantitative estimate of drug-likeness (QED) is 0.626. The Kier molecular flexibility index (Phi) is 2.06. The lowest BCUT2D eigenvalue weighted by molar-refractivity contribution is -0.000342. The zero-order valence-electron chi connectivity index (χ0n) is 7.37. The van der Waals surface area contributed by atoms with Gasteiger partial charge in [-0.3, -0.25) is 0 Å². The highest BCUT2D eigenvalue weighted by Crippen LogP contribution is 2.31. The molecule has 0 bridgehead atoms. The minimum atomic E-state index is -0.394. The van der Waals surface area contributed by atoms with Crippen LogP contribution in [0.2, 0.25) is 0 Å². The van der Waals surface area contributed by atoms with E-state index >= 15 is 0 Å². The van der Waals surface area contributed by atoms with Crippen LogP contribution in [0, 0.1) is 0 Å². The van der Waals surface area contributed by atoms with Crippen molar-refractivity contribution in [1.82, 2.24) is 10.4 Å². The van der Waals surface area contributed by atoms with Crippen molar-refractivity contribution in [3.8, 4) is 0 Å². The van der Waals surface area contributed by atoms with E-state index in [9.17, 15) is 5.11 Å². The maximum absolute atomic E-state index is 9.82. The molecule has 2 aliphatic heterocycles.